The summed E-state index contributed by atoms with van der Waals surface area (Å²) in [6, 6.07) is 1.50. The Kier molecular flexibility index (Phi) is 3.89. The first-order valence-corrected chi connectivity index (χ1v) is 6.23. The highest BCUT2D eigenvalue weighted by atomic mass is 35.5. The molecule has 0 unspecified atom stereocenters. The highest BCUT2D eigenvalue weighted by Crippen LogP contribution is 2.22. The maximum atomic E-state index is 13.9. The van der Waals surface area contributed by atoms with Crippen molar-refractivity contribution >= 4 is 29.2 Å². The number of aromatic amines is 1. The van der Waals surface area contributed by atoms with Gasteiger partial charge in [0.2, 0.25) is 0 Å². The summed E-state index contributed by atoms with van der Waals surface area (Å²) >= 11 is 11.3. The smallest absolute Gasteiger partial charge is 0.337 e. The van der Waals surface area contributed by atoms with Crippen molar-refractivity contribution in [3.05, 3.63) is 60.1 Å². The van der Waals surface area contributed by atoms with Crippen LogP contribution in [-0.2, 0) is 0 Å². The Bertz CT molecular complexity index is 873. The van der Waals surface area contributed by atoms with Gasteiger partial charge in [0.05, 0.1) is 16.3 Å². The molecule has 2 rings (SSSR count). The van der Waals surface area contributed by atoms with E-state index in [1.807, 2.05) is 0 Å². The van der Waals surface area contributed by atoms with Crippen LogP contribution in [0.3, 0.4) is 0 Å². The lowest BCUT2D eigenvalue weighted by molar-refractivity contribution is 0.0697. The Balaban J connectivity index is 2.89. The van der Waals surface area contributed by atoms with Crippen molar-refractivity contribution in [3.8, 4) is 5.69 Å². The molecule has 6 nitrogen and oxygen atoms in total. The molecule has 1 aromatic heterocycles. The molecule has 1 aromatic carbocycles. The van der Waals surface area contributed by atoms with E-state index < -0.39 is 34.3 Å². The SMILES string of the molecule is Cc1[nH]c(=O)n(-c2cc(C(=O)O)c(Cl)cc2F)c(=O)c1Cl. The zero-order valence-corrected chi connectivity index (χ0v) is 11.9. The number of nitrogens with zero attached hydrogens (tertiary/aromatic N) is 1. The lowest BCUT2D eigenvalue weighted by Crippen LogP contribution is -2.35. The molecule has 110 valence electrons. The van der Waals surface area contributed by atoms with Crippen molar-refractivity contribution in [2.45, 2.75) is 6.92 Å². The molecule has 0 bridgehead atoms. The molecule has 0 saturated carbocycles. The highest BCUT2D eigenvalue weighted by Gasteiger charge is 2.19. The Morgan fingerprint density at radius 1 is 1.33 bits per heavy atom. The predicted molar refractivity (Wildman–Crippen MR) is 74.3 cm³/mol. The van der Waals surface area contributed by atoms with E-state index in [0.717, 1.165) is 6.07 Å². The zero-order valence-electron chi connectivity index (χ0n) is 10.4. The van der Waals surface area contributed by atoms with Crippen LogP contribution in [0, 0.1) is 12.7 Å². The largest absolute Gasteiger partial charge is 0.478 e. The summed E-state index contributed by atoms with van der Waals surface area (Å²) in [6.07, 6.45) is 0. The average molecular weight is 333 g/mol. The number of carbonyl (C=O) groups is 1. The molecule has 0 aliphatic carbocycles. The van der Waals surface area contributed by atoms with Crippen molar-refractivity contribution in [1.82, 2.24) is 9.55 Å². The average Bonchev–Trinajstić information content (AvgIpc) is 2.38. The minimum atomic E-state index is -1.43. The summed E-state index contributed by atoms with van der Waals surface area (Å²) in [6.45, 7) is 1.40. The molecule has 0 aliphatic rings. The van der Waals surface area contributed by atoms with Crippen LogP contribution in [0.4, 0.5) is 4.39 Å². The lowest BCUT2D eigenvalue weighted by Gasteiger charge is -2.09. The molecule has 9 heteroatoms. The van der Waals surface area contributed by atoms with Crippen LogP contribution in [0.25, 0.3) is 5.69 Å². The standard InChI is InChI=1S/C12H7Cl2FN2O4/c1-4-9(14)10(18)17(12(21)16-4)8-2-5(11(19)20)6(13)3-7(8)15/h2-3H,1H3,(H,16,21)(H,19,20). The van der Waals surface area contributed by atoms with Gasteiger partial charge in [-0.1, -0.05) is 23.2 Å². The highest BCUT2D eigenvalue weighted by molar-refractivity contribution is 6.33. The first-order chi connectivity index (χ1) is 9.73. The Hall–Kier alpha value is -2.12. The van der Waals surface area contributed by atoms with Gasteiger partial charge in [0, 0.05) is 5.69 Å². The second kappa shape index (κ2) is 5.34. The summed E-state index contributed by atoms with van der Waals surface area (Å²) < 4.78 is 14.3. The monoisotopic (exact) mass is 332 g/mol. The second-order valence-corrected chi connectivity index (χ2v) is 4.88. The summed E-state index contributed by atoms with van der Waals surface area (Å²) in [7, 11) is 0. The Labute approximate surface area is 126 Å². The molecular formula is C12H7Cl2FN2O4. The van der Waals surface area contributed by atoms with E-state index >= 15 is 0 Å². The molecule has 2 N–H and O–H groups in total. The number of carboxylic acid groups (broad SMARTS) is 1. The van der Waals surface area contributed by atoms with Gasteiger partial charge in [-0.25, -0.2) is 18.5 Å². The quantitative estimate of drug-likeness (QED) is 0.879. The summed E-state index contributed by atoms with van der Waals surface area (Å²) in [5, 5.41) is 8.30. The van der Waals surface area contributed by atoms with E-state index in [9.17, 15) is 18.8 Å². The molecule has 21 heavy (non-hydrogen) atoms. The minimum absolute atomic E-state index is 0.121. The van der Waals surface area contributed by atoms with E-state index in [4.69, 9.17) is 28.3 Å². The van der Waals surface area contributed by atoms with Crippen molar-refractivity contribution < 1.29 is 14.3 Å². The topological polar surface area (TPSA) is 92.2 Å². The first kappa shape index (κ1) is 15.3. The number of benzene rings is 1. The molecule has 0 atom stereocenters. The van der Waals surface area contributed by atoms with Crippen LogP contribution in [0.15, 0.2) is 21.7 Å². The van der Waals surface area contributed by atoms with Crippen molar-refractivity contribution in [2.24, 2.45) is 0 Å². The normalized spacial score (nSPS) is 10.7. The summed E-state index contributed by atoms with van der Waals surface area (Å²) in [4.78, 5) is 37.1. The number of carboxylic acids is 1. The predicted octanol–water partition coefficient (Wildman–Crippen LogP) is 1.98. The third-order valence-corrected chi connectivity index (χ3v) is 3.48. The number of aromatic carboxylic acids is 1. The second-order valence-electron chi connectivity index (χ2n) is 4.10. The van der Waals surface area contributed by atoms with Gasteiger partial charge in [-0.2, -0.15) is 0 Å². The number of H-pyrrole nitrogens is 1. The molecule has 0 radical (unpaired) electrons. The Morgan fingerprint density at radius 3 is 2.52 bits per heavy atom. The number of rotatable bonds is 2. The summed E-state index contributed by atoms with van der Waals surface area (Å²) in [5.74, 6) is -2.46. The van der Waals surface area contributed by atoms with E-state index in [-0.39, 0.29) is 15.7 Å². The maximum Gasteiger partial charge on any atom is 0.337 e. The fourth-order valence-corrected chi connectivity index (χ4v) is 2.08. The number of aryl methyl sites for hydroxylation is 1. The maximum absolute atomic E-state index is 13.9. The van der Waals surface area contributed by atoms with Gasteiger partial charge >= 0.3 is 11.7 Å². The molecule has 1 heterocycles. The molecular weight excluding hydrogens is 326 g/mol. The fourth-order valence-electron chi connectivity index (χ4n) is 1.71. The summed E-state index contributed by atoms with van der Waals surface area (Å²) in [5.41, 5.74) is -2.79. The van der Waals surface area contributed by atoms with Gasteiger partial charge in [-0.3, -0.25) is 4.79 Å². The number of aromatic nitrogens is 2. The van der Waals surface area contributed by atoms with E-state index in [2.05, 4.69) is 4.98 Å². The first-order valence-electron chi connectivity index (χ1n) is 5.48. The number of nitrogens with one attached hydrogen (secondary N) is 1. The van der Waals surface area contributed by atoms with Gasteiger partial charge in [-0.15, -0.1) is 0 Å². The van der Waals surface area contributed by atoms with Crippen LogP contribution < -0.4 is 11.2 Å². The lowest BCUT2D eigenvalue weighted by atomic mass is 10.2. The third kappa shape index (κ3) is 2.57. The van der Waals surface area contributed by atoms with Gasteiger partial charge < -0.3 is 10.1 Å². The number of halogens is 3. The van der Waals surface area contributed by atoms with E-state index in [1.54, 1.807) is 0 Å². The van der Waals surface area contributed by atoms with Gasteiger partial charge in [-0.05, 0) is 19.1 Å². The van der Waals surface area contributed by atoms with E-state index in [0.29, 0.717) is 10.6 Å². The zero-order chi connectivity index (χ0) is 15.9. The van der Waals surface area contributed by atoms with Gasteiger partial charge in [0.15, 0.2) is 0 Å². The molecule has 0 fully saturated rings. The molecule has 0 saturated heterocycles. The number of hydrogen-bond donors (Lipinski definition) is 2. The van der Waals surface area contributed by atoms with E-state index in [1.165, 1.54) is 6.92 Å². The molecule has 0 amide bonds. The van der Waals surface area contributed by atoms with Crippen molar-refractivity contribution in [1.29, 1.82) is 0 Å². The van der Waals surface area contributed by atoms with Crippen molar-refractivity contribution in [3.63, 3.8) is 0 Å². The van der Waals surface area contributed by atoms with Crippen LogP contribution >= 0.6 is 23.2 Å². The minimum Gasteiger partial charge on any atom is -0.478 e. The fraction of sp³-hybridized carbons (Fsp3) is 0.0833. The van der Waals surface area contributed by atoms with Crippen molar-refractivity contribution in [2.75, 3.05) is 0 Å². The molecule has 0 aliphatic heterocycles. The van der Waals surface area contributed by atoms with Crippen LogP contribution in [-0.4, -0.2) is 20.6 Å². The number of hydrogen-bond acceptors (Lipinski definition) is 3. The van der Waals surface area contributed by atoms with Crippen LogP contribution in [0.5, 0.6) is 0 Å². The Morgan fingerprint density at radius 2 is 1.95 bits per heavy atom. The van der Waals surface area contributed by atoms with Gasteiger partial charge in [0.1, 0.15) is 10.8 Å². The van der Waals surface area contributed by atoms with Gasteiger partial charge in [0.25, 0.3) is 5.56 Å². The molecule has 2 aromatic rings. The third-order valence-electron chi connectivity index (χ3n) is 2.73. The van der Waals surface area contributed by atoms with Crippen LogP contribution in [0.2, 0.25) is 10.0 Å². The van der Waals surface area contributed by atoms with Crippen LogP contribution in [0.1, 0.15) is 16.1 Å². The molecule has 0 spiro atoms.